The van der Waals surface area contributed by atoms with Gasteiger partial charge in [0.05, 0.1) is 0 Å². The minimum atomic E-state index is 1.18. The Hall–Kier alpha value is -0.440. The minimum absolute atomic E-state index is 1.18. The molecule has 0 aliphatic heterocycles. The molecule has 4 saturated carbocycles. The van der Waals surface area contributed by atoms with Crippen LogP contribution in [0.5, 0.6) is 0 Å². The molecule has 4 fully saturated rings. The summed E-state index contributed by atoms with van der Waals surface area (Å²) in [7, 11) is 0. The SMILES string of the molecule is C1C2CC3CC1CC(C2)C3.CC.CC#CC. The first-order valence-corrected chi connectivity index (χ1v) is 7.15. The lowest BCUT2D eigenvalue weighted by atomic mass is 9.56. The summed E-state index contributed by atoms with van der Waals surface area (Å²) < 4.78 is 0. The molecule has 4 aliphatic carbocycles. The fraction of sp³-hybridized carbons (Fsp3) is 0.875. The minimum Gasteiger partial charge on any atom is -0.107 e. The second kappa shape index (κ2) is 7.00. The van der Waals surface area contributed by atoms with Crippen molar-refractivity contribution in [2.45, 2.75) is 66.2 Å². The zero-order chi connectivity index (χ0) is 12.0. The van der Waals surface area contributed by atoms with Crippen LogP contribution < -0.4 is 0 Å². The third-order valence-electron chi connectivity index (χ3n) is 4.25. The van der Waals surface area contributed by atoms with Crippen molar-refractivity contribution in [3.63, 3.8) is 0 Å². The van der Waals surface area contributed by atoms with E-state index in [2.05, 4.69) is 11.8 Å². The second-order valence-corrected chi connectivity index (χ2v) is 5.38. The highest BCUT2D eigenvalue weighted by molar-refractivity contribution is 4.93. The van der Waals surface area contributed by atoms with Gasteiger partial charge in [0.2, 0.25) is 0 Å². The fourth-order valence-electron chi connectivity index (χ4n) is 3.98. The molecule has 0 aromatic heterocycles. The molecular weight excluding hydrogens is 192 g/mol. The van der Waals surface area contributed by atoms with Gasteiger partial charge in [0.15, 0.2) is 0 Å². The molecule has 92 valence electrons. The van der Waals surface area contributed by atoms with Crippen molar-refractivity contribution in [3.05, 3.63) is 0 Å². The van der Waals surface area contributed by atoms with Gasteiger partial charge in [-0.15, -0.1) is 11.8 Å². The van der Waals surface area contributed by atoms with Crippen molar-refractivity contribution in [3.8, 4) is 11.8 Å². The van der Waals surface area contributed by atoms with Gasteiger partial charge in [0.25, 0.3) is 0 Å². The van der Waals surface area contributed by atoms with E-state index in [1.165, 1.54) is 23.7 Å². The fourth-order valence-corrected chi connectivity index (χ4v) is 3.98. The topological polar surface area (TPSA) is 0 Å². The summed E-state index contributed by atoms with van der Waals surface area (Å²) in [5.74, 6) is 10.1. The van der Waals surface area contributed by atoms with Crippen molar-refractivity contribution in [2.75, 3.05) is 0 Å². The van der Waals surface area contributed by atoms with Crippen molar-refractivity contribution < 1.29 is 0 Å². The van der Waals surface area contributed by atoms with Gasteiger partial charge in [-0.2, -0.15) is 0 Å². The predicted molar refractivity (Wildman–Crippen MR) is 72.1 cm³/mol. The molecule has 0 heterocycles. The molecule has 0 saturated heterocycles. The summed E-state index contributed by atoms with van der Waals surface area (Å²) in [4.78, 5) is 0. The lowest BCUT2D eigenvalue weighted by Crippen LogP contribution is -2.38. The largest absolute Gasteiger partial charge is 0.107 e. The van der Waals surface area contributed by atoms with Gasteiger partial charge in [-0.1, -0.05) is 13.8 Å². The van der Waals surface area contributed by atoms with Crippen LogP contribution in [0.1, 0.15) is 66.2 Å². The third kappa shape index (κ3) is 3.55. The van der Waals surface area contributed by atoms with Crippen molar-refractivity contribution in [1.29, 1.82) is 0 Å². The Morgan fingerprint density at radius 2 is 0.750 bits per heavy atom. The third-order valence-corrected chi connectivity index (χ3v) is 4.25. The van der Waals surface area contributed by atoms with Gasteiger partial charge >= 0.3 is 0 Å². The van der Waals surface area contributed by atoms with E-state index in [-0.39, 0.29) is 0 Å². The second-order valence-electron chi connectivity index (χ2n) is 5.38. The first-order valence-electron chi connectivity index (χ1n) is 7.15. The van der Waals surface area contributed by atoms with Gasteiger partial charge in [-0.25, -0.2) is 0 Å². The summed E-state index contributed by atoms with van der Waals surface area (Å²) in [6.45, 7) is 7.64. The Morgan fingerprint density at radius 1 is 0.562 bits per heavy atom. The first kappa shape index (κ1) is 13.6. The molecular formula is C16H28. The van der Waals surface area contributed by atoms with E-state index in [0.717, 1.165) is 0 Å². The van der Waals surface area contributed by atoms with Crippen LogP contribution in [-0.2, 0) is 0 Å². The Kier molecular flexibility index (Phi) is 5.96. The van der Waals surface area contributed by atoms with Crippen LogP contribution in [0.2, 0.25) is 0 Å². The van der Waals surface area contributed by atoms with Gasteiger partial charge in [-0.3, -0.25) is 0 Å². The van der Waals surface area contributed by atoms with Crippen LogP contribution >= 0.6 is 0 Å². The molecule has 4 rings (SSSR count). The predicted octanol–water partition coefficient (Wildman–Crippen LogP) is 4.89. The molecule has 0 aromatic carbocycles. The van der Waals surface area contributed by atoms with Gasteiger partial charge < -0.3 is 0 Å². The van der Waals surface area contributed by atoms with Crippen LogP contribution in [0.15, 0.2) is 0 Å². The highest BCUT2D eigenvalue weighted by atomic mass is 14.5. The van der Waals surface area contributed by atoms with Crippen molar-refractivity contribution in [1.82, 2.24) is 0 Å². The molecule has 16 heavy (non-hydrogen) atoms. The van der Waals surface area contributed by atoms with E-state index in [4.69, 9.17) is 0 Å². The quantitative estimate of drug-likeness (QED) is 0.510. The monoisotopic (exact) mass is 220 g/mol. The van der Waals surface area contributed by atoms with E-state index in [0.29, 0.717) is 0 Å². The molecule has 0 atom stereocenters. The summed E-state index contributed by atoms with van der Waals surface area (Å²) in [5.41, 5.74) is 0. The lowest BCUT2D eigenvalue weighted by Gasteiger charge is -2.49. The molecule has 4 bridgehead atoms. The maximum atomic E-state index is 2.68. The summed E-state index contributed by atoms with van der Waals surface area (Å²) in [6.07, 6.45) is 9.62. The molecule has 0 nitrogen and oxygen atoms in total. The lowest BCUT2D eigenvalue weighted by molar-refractivity contribution is 0.0198. The Bertz CT molecular complexity index is 178. The van der Waals surface area contributed by atoms with Crippen LogP contribution in [0, 0.1) is 35.5 Å². The molecule has 0 heteroatoms. The maximum Gasteiger partial charge on any atom is -0.00271 e. The summed E-state index contributed by atoms with van der Waals surface area (Å²) >= 11 is 0. The smallest absolute Gasteiger partial charge is 0.00271 e. The molecule has 0 unspecified atom stereocenters. The zero-order valence-electron chi connectivity index (χ0n) is 11.6. The van der Waals surface area contributed by atoms with E-state index in [1.54, 1.807) is 38.5 Å². The Labute approximate surface area is 102 Å². The Morgan fingerprint density at radius 3 is 0.875 bits per heavy atom. The van der Waals surface area contributed by atoms with Crippen LogP contribution in [0.3, 0.4) is 0 Å². The zero-order valence-corrected chi connectivity index (χ0v) is 11.6. The maximum absolute atomic E-state index is 2.68. The van der Waals surface area contributed by atoms with Crippen molar-refractivity contribution >= 4 is 0 Å². The molecule has 0 spiro atoms. The van der Waals surface area contributed by atoms with Crippen LogP contribution in [0.4, 0.5) is 0 Å². The van der Waals surface area contributed by atoms with Gasteiger partial charge in [0, 0.05) is 0 Å². The van der Waals surface area contributed by atoms with Gasteiger partial charge in [-0.05, 0) is 76.0 Å². The van der Waals surface area contributed by atoms with Crippen molar-refractivity contribution in [2.24, 2.45) is 23.7 Å². The van der Waals surface area contributed by atoms with E-state index < -0.39 is 0 Å². The average Bonchev–Trinajstić information content (AvgIpc) is 2.30. The Balaban J connectivity index is 0.000000186. The highest BCUT2D eigenvalue weighted by Gasteiger charge is 2.41. The van der Waals surface area contributed by atoms with E-state index in [1.807, 2.05) is 27.7 Å². The molecule has 0 N–H and O–H groups in total. The highest BCUT2D eigenvalue weighted by Crippen LogP contribution is 2.53. The molecule has 4 aliphatic rings. The standard InChI is InChI=1S/C10H16.C4H6.C2H6/c1-7-2-9-4-8(1)5-10(3-7)6-9;1-3-4-2;1-2/h7-10H,1-6H2;1-2H3;1-2H3. The number of hydrogen-bond acceptors (Lipinski definition) is 0. The normalized spacial score (nSPS) is 37.2. The van der Waals surface area contributed by atoms with Gasteiger partial charge in [0.1, 0.15) is 0 Å². The van der Waals surface area contributed by atoms with E-state index in [9.17, 15) is 0 Å². The van der Waals surface area contributed by atoms with Crippen LogP contribution in [-0.4, -0.2) is 0 Å². The average molecular weight is 220 g/mol. The summed E-state index contributed by atoms with van der Waals surface area (Å²) in [5, 5.41) is 0. The van der Waals surface area contributed by atoms with Crippen LogP contribution in [0.25, 0.3) is 0 Å². The number of rotatable bonds is 0. The molecule has 0 aromatic rings. The molecule has 0 radical (unpaired) electrons. The first-order chi connectivity index (χ1) is 7.81. The summed E-state index contributed by atoms with van der Waals surface area (Å²) in [6, 6.07) is 0. The van der Waals surface area contributed by atoms with E-state index >= 15 is 0 Å². The number of hydrogen-bond donors (Lipinski definition) is 0. The molecule has 0 amide bonds.